The Labute approximate surface area is 174 Å². The smallest absolute Gasteiger partial charge is 0.234 e. The van der Waals surface area contributed by atoms with E-state index in [0.717, 1.165) is 28.6 Å². The Morgan fingerprint density at radius 2 is 2.07 bits per heavy atom. The molecule has 0 unspecified atom stereocenters. The maximum Gasteiger partial charge on any atom is 0.234 e. The number of nitrogens with zero attached hydrogens (tertiary/aromatic N) is 3. The van der Waals surface area contributed by atoms with Gasteiger partial charge in [-0.2, -0.15) is 0 Å². The van der Waals surface area contributed by atoms with E-state index in [0.29, 0.717) is 16.5 Å². The number of amides is 1. The number of anilines is 1. The van der Waals surface area contributed by atoms with E-state index in [1.165, 1.54) is 17.8 Å². The van der Waals surface area contributed by atoms with Gasteiger partial charge in [-0.3, -0.25) is 9.36 Å². The van der Waals surface area contributed by atoms with Crippen LogP contribution in [-0.2, 0) is 4.79 Å². The highest BCUT2D eigenvalue weighted by Crippen LogP contribution is 2.41. The van der Waals surface area contributed by atoms with Crippen molar-refractivity contribution < 1.29 is 9.18 Å². The summed E-state index contributed by atoms with van der Waals surface area (Å²) in [5.41, 5.74) is 2.27. The highest BCUT2D eigenvalue weighted by molar-refractivity contribution is 9.10. The molecular formula is C20H18BrFN4OS. The van der Waals surface area contributed by atoms with Gasteiger partial charge in [0.05, 0.1) is 17.0 Å². The molecule has 144 valence electrons. The molecule has 0 spiro atoms. The first-order chi connectivity index (χ1) is 13.5. The average Bonchev–Trinajstić information content (AvgIpc) is 3.42. The number of aromatic nitrogens is 3. The molecule has 3 aromatic rings. The van der Waals surface area contributed by atoms with Gasteiger partial charge in [-0.25, -0.2) is 4.39 Å². The van der Waals surface area contributed by atoms with Crippen molar-refractivity contribution >= 4 is 39.3 Å². The van der Waals surface area contributed by atoms with Crippen LogP contribution in [0.4, 0.5) is 10.1 Å². The molecule has 1 aromatic heterocycles. The molecule has 1 amide bonds. The first-order valence-corrected chi connectivity index (χ1v) is 10.7. The minimum atomic E-state index is -0.324. The minimum absolute atomic E-state index is 0.132. The lowest BCUT2D eigenvalue weighted by molar-refractivity contribution is -0.113. The van der Waals surface area contributed by atoms with Gasteiger partial charge < -0.3 is 5.32 Å². The third kappa shape index (κ3) is 4.12. The highest BCUT2D eigenvalue weighted by atomic mass is 79.9. The summed E-state index contributed by atoms with van der Waals surface area (Å²) in [6, 6.07) is 12.6. The Bertz CT molecular complexity index is 1030. The zero-order chi connectivity index (χ0) is 19.7. The molecule has 1 heterocycles. The molecule has 0 bridgehead atoms. The predicted molar refractivity (Wildman–Crippen MR) is 112 cm³/mol. The molecule has 2 aromatic carbocycles. The predicted octanol–water partition coefficient (Wildman–Crippen LogP) is 5.22. The zero-order valence-electron chi connectivity index (χ0n) is 15.2. The van der Waals surface area contributed by atoms with Gasteiger partial charge in [0.2, 0.25) is 5.91 Å². The third-order valence-corrected chi connectivity index (χ3v) is 6.02. The molecule has 1 fully saturated rings. The van der Waals surface area contributed by atoms with Crippen molar-refractivity contribution in [3.8, 4) is 11.4 Å². The van der Waals surface area contributed by atoms with Crippen molar-refractivity contribution in [3.63, 3.8) is 0 Å². The van der Waals surface area contributed by atoms with Gasteiger partial charge in [-0.15, -0.1) is 10.2 Å². The number of hydrogen-bond acceptors (Lipinski definition) is 4. The molecule has 0 radical (unpaired) electrons. The van der Waals surface area contributed by atoms with Crippen LogP contribution in [0.2, 0.25) is 0 Å². The Morgan fingerprint density at radius 1 is 1.29 bits per heavy atom. The molecule has 0 atom stereocenters. The number of aryl methyl sites for hydroxylation is 1. The first-order valence-electron chi connectivity index (χ1n) is 8.91. The number of rotatable bonds is 6. The van der Waals surface area contributed by atoms with E-state index in [2.05, 4.69) is 31.4 Å². The van der Waals surface area contributed by atoms with E-state index in [-0.39, 0.29) is 23.5 Å². The molecule has 8 heteroatoms. The largest absolute Gasteiger partial charge is 0.324 e. The van der Waals surface area contributed by atoms with Crippen LogP contribution in [0, 0.1) is 12.7 Å². The van der Waals surface area contributed by atoms with Crippen molar-refractivity contribution in [3.05, 3.63) is 58.3 Å². The van der Waals surface area contributed by atoms with Gasteiger partial charge in [-0.05, 0) is 65.5 Å². The summed E-state index contributed by atoms with van der Waals surface area (Å²) >= 11 is 4.78. The van der Waals surface area contributed by atoms with Gasteiger partial charge in [-0.1, -0.05) is 30.0 Å². The summed E-state index contributed by atoms with van der Waals surface area (Å²) in [6.45, 7) is 1.99. The summed E-state index contributed by atoms with van der Waals surface area (Å²) < 4.78 is 17.0. The van der Waals surface area contributed by atoms with E-state index in [1.54, 1.807) is 18.2 Å². The van der Waals surface area contributed by atoms with Crippen molar-refractivity contribution in [1.82, 2.24) is 14.8 Å². The molecule has 1 saturated carbocycles. The fraction of sp³-hybridized carbons (Fsp3) is 0.250. The van der Waals surface area contributed by atoms with Crippen LogP contribution in [0.5, 0.6) is 0 Å². The Hall–Kier alpha value is -2.19. The molecule has 1 aliphatic rings. The maximum absolute atomic E-state index is 14.2. The van der Waals surface area contributed by atoms with Crippen molar-refractivity contribution in [2.45, 2.75) is 31.0 Å². The Morgan fingerprint density at radius 3 is 2.79 bits per heavy atom. The number of carbonyl (C=O) groups excluding carboxylic acids is 1. The molecule has 0 saturated heterocycles. The van der Waals surface area contributed by atoms with Gasteiger partial charge in [0, 0.05) is 10.5 Å². The molecule has 1 aliphatic carbocycles. The number of benzene rings is 2. The van der Waals surface area contributed by atoms with Crippen LogP contribution in [-0.4, -0.2) is 26.4 Å². The van der Waals surface area contributed by atoms with E-state index in [9.17, 15) is 9.18 Å². The first kappa shape index (κ1) is 19.1. The van der Waals surface area contributed by atoms with Crippen LogP contribution in [0.15, 0.2) is 52.1 Å². The van der Waals surface area contributed by atoms with Gasteiger partial charge in [0.1, 0.15) is 5.82 Å². The molecule has 0 aliphatic heterocycles. The van der Waals surface area contributed by atoms with Crippen molar-refractivity contribution in [2.24, 2.45) is 0 Å². The maximum atomic E-state index is 14.2. The van der Waals surface area contributed by atoms with E-state index in [1.807, 2.05) is 29.7 Å². The topological polar surface area (TPSA) is 59.8 Å². The SMILES string of the molecule is Cc1ccc(NC(=O)CSc2nnc(-c3ccccc3F)n2C2CC2)c(Br)c1. The summed E-state index contributed by atoms with van der Waals surface area (Å²) in [5, 5.41) is 12.0. The second-order valence-electron chi connectivity index (χ2n) is 6.71. The lowest BCUT2D eigenvalue weighted by Gasteiger charge is -2.10. The summed E-state index contributed by atoms with van der Waals surface area (Å²) in [6.07, 6.45) is 2.02. The fourth-order valence-corrected chi connectivity index (χ4v) is 4.30. The lowest BCUT2D eigenvalue weighted by atomic mass is 10.2. The van der Waals surface area contributed by atoms with Crippen molar-refractivity contribution in [1.29, 1.82) is 0 Å². The number of thioether (sulfide) groups is 1. The summed E-state index contributed by atoms with van der Waals surface area (Å²) in [5.74, 6) is 0.259. The second-order valence-corrected chi connectivity index (χ2v) is 8.50. The average molecular weight is 461 g/mol. The van der Waals surface area contributed by atoms with E-state index >= 15 is 0 Å². The fourth-order valence-electron chi connectivity index (χ4n) is 2.90. The highest BCUT2D eigenvalue weighted by Gasteiger charge is 2.31. The number of carbonyl (C=O) groups is 1. The monoisotopic (exact) mass is 460 g/mol. The summed E-state index contributed by atoms with van der Waals surface area (Å²) in [7, 11) is 0. The van der Waals surface area contributed by atoms with E-state index < -0.39 is 0 Å². The number of hydrogen-bond donors (Lipinski definition) is 1. The van der Waals surface area contributed by atoms with Crippen LogP contribution >= 0.6 is 27.7 Å². The van der Waals surface area contributed by atoms with Crippen LogP contribution < -0.4 is 5.32 Å². The molecule has 4 rings (SSSR count). The van der Waals surface area contributed by atoms with Crippen LogP contribution in [0.3, 0.4) is 0 Å². The number of halogens is 2. The second kappa shape index (κ2) is 8.05. The Balaban J connectivity index is 1.49. The summed E-state index contributed by atoms with van der Waals surface area (Å²) in [4.78, 5) is 12.4. The normalized spacial score (nSPS) is 13.5. The van der Waals surface area contributed by atoms with Gasteiger partial charge >= 0.3 is 0 Å². The minimum Gasteiger partial charge on any atom is -0.324 e. The molecule has 28 heavy (non-hydrogen) atoms. The van der Waals surface area contributed by atoms with Crippen LogP contribution in [0.1, 0.15) is 24.4 Å². The van der Waals surface area contributed by atoms with Crippen LogP contribution in [0.25, 0.3) is 11.4 Å². The third-order valence-electron chi connectivity index (χ3n) is 4.42. The zero-order valence-corrected chi connectivity index (χ0v) is 17.6. The van der Waals surface area contributed by atoms with Crippen molar-refractivity contribution in [2.75, 3.05) is 11.1 Å². The standard InChI is InChI=1S/C20H18BrFN4OS/c1-12-6-9-17(15(21)10-12)23-18(27)11-28-20-25-24-19(26(20)13-7-8-13)14-4-2-3-5-16(14)22/h2-6,9-10,13H,7-8,11H2,1H3,(H,23,27). The molecule has 5 nitrogen and oxygen atoms in total. The quantitative estimate of drug-likeness (QED) is 0.512. The lowest BCUT2D eigenvalue weighted by Crippen LogP contribution is -2.15. The molecule has 1 N–H and O–H groups in total. The number of nitrogens with one attached hydrogen (secondary N) is 1. The van der Waals surface area contributed by atoms with Gasteiger partial charge in [0.15, 0.2) is 11.0 Å². The Kier molecular flexibility index (Phi) is 5.50. The van der Waals surface area contributed by atoms with E-state index in [4.69, 9.17) is 0 Å². The molecular weight excluding hydrogens is 443 g/mol. The van der Waals surface area contributed by atoms with Gasteiger partial charge in [0.25, 0.3) is 0 Å².